The van der Waals surface area contributed by atoms with E-state index in [-0.39, 0.29) is 58.9 Å². The van der Waals surface area contributed by atoms with Crippen LogP contribution in [-0.4, -0.2) is 178 Å². The van der Waals surface area contributed by atoms with Crippen LogP contribution in [0.25, 0.3) is 0 Å². The minimum Gasteiger partial charge on any atom is -0.549 e. The minimum atomic E-state index is -1.33. The fraction of sp³-hybridized carbons (Fsp3) is 0.667. The van der Waals surface area contributed by atoms with Crippen LogP contribution in [0.3, 0.4) is 0 Å². The zero-order chi connectivity index (χ0) is 33.7. The molecule has 0 unspecified atom stereocenters. The van der Waals surface area contributed by atoms with Gasteiger partial charge in [-0.3, -0.25) is 29.2 Å². The molecule has 16 nitrogen and oxygen atoms in total. The van der Waals surface area contributed by atoms with Gasteiger partial charge in [0.2, 0.25) is 0 Å². The van der Waals surface area contributed by atoms with Crippen LogP contribution in [0.4, 0.5) is 0 Å². The highest BCUT2D eigenvalue weighted by molar-refractivity contribution is 5.69. The molecule has 2 N–H and O–H groups in total. The number of carbonyl (C=O) groups is 4. The number of carboxylic acids is 4. The van der Waals surface area contributed by atoms with E-state index in [4.69, 9.17) is 18.9 Å². The SMILES string of the molecule is COCCOCCOCCOc1ccc(C[C@@H]2CN(CC(=O)[O-])CCN(CC(=O)O)CCN(CC(=O)O)CCN2CC(=O)[O-])cc1. The second-order valence-electron chi connectivity index (χ2n) is 10.9. The maximum atomic E-state index is 11.8. The van der Waals surface area contributed by atoms with Crippen LogP contribution in [0.2, 0.25) is 0 Å². The third kappa shape index (κ3) is 17.4. The van der Waals surface area contributed by atoms with Gasteiger partial charge in [-0.05, 0) is 24.1 Å². The summed E-state index contributed by atoms with van der Waals surface area (Å²) in [6.07, 6.45) is 0.334. The van der Waals surface area contributed by atoms with E-state index in [1.165, 1.54) is 0 Å². The van der Waals surface area contributed by atoms with Crippen LogP contribution in [0.5, 0.6) is 5.75 Å². The van der Waals surface area contributed by atoms with Gasteiger partial charge >= 0.3 is 11.9 Å². The molecule has 260 valence electrons. The molecule has 0 bridgehead atoms. The monoisotopic (exact) mass is 654 g/mol. The largest absolute Gasteiger partial charge is 0.549 e. The summed E-state index contributed by atoms with van der Waals surface area (Å²) in [4.78, 5) is 52.9. The molecule has 0 spiro atoms. The smallest absolute Gasteiger partial charge is 0.317 e. The van der Waals surface area contributed by atoms with Crippen molar-refractivity contribution in [2.75, 3.05) is 119 Å². The quantitative estimate of drug-likeness (QED) is 0.131. The van der Waals surface area contributed by atoms with E-state index in [1.54, 1.807) is 38.8 Å². The summed E-state index contributed by atoms with van der Waals surface area (Å²) in [5, 5.41) is 42.2. The molecule has 0 radical (unpaired) electrons. The summed E-state index contributed by atoms with van der Waals surface area (Å²) in [5.74, 6) is -4.17. The van der Waals surface area contributed by atoms with Gasteiger partial charge in [0.25, 0.3) is 0 Å². The molecule has 0 aliphatic carbocycles. The number of methoxy groups -OCH3 is 1. The van der Waals surface area contributed by atoms with Gasteiger partial charge in [0.15, 0.2) is 0 Å². The lowest BCUT2D eigenvalue weighted by atomic mass is 10.0. The highest BCUT2D eigenvalue weighted by Crippen LogP contribution is 2.17. The molecule has 1 fully saturated rings. The number of rotatable bonds is 20. The molecule has 0 saturated carbocycles. The topological polar surface area (TPSA) is 205 Å². The van der Waals surface area contributed by atoms with Crippen molar-refractivity contribution in [3.8, 4) is 5.75 Å². The van der Waals surface area contributed by atoms with Gasteiger partial charge in [-0.2, -0.15) is 0 Å². The summed E-state index contributed by atoms with van der Waals surface area (Å²) in [6.45, 7) is 2.38. The van der Waals surface area contributed by atoms with Crippen LogP contribution < -0.4 is 14.9 Å². The van der Waals surface area contributed by atoms with Crippen LogP contribution >= 0.6 is 0 Å². The molecule has 0 amide bonds. The number of aliphatic carboxylic acids is 4. The molecule has 1 atom stereocenters. The highest BCUT2D eigenvalue weighted by atomic mass is 16.6. The molecule has 1 heterocycles. The van der Waals surface area contributed by atoms with E-state index < -0.39 is 43.0 Å². The van der Waals surface area contributed by atoms with Crippen molar-refractivity contribution in [2.45, 2.75) is 12.5 Å². The minimum absolute atomic E-state index is 0.131. The van der Waals surface area contributed by atoms with E-state index >= 15 is 0 Å². The molecule has 1 aromatic rings. The van der Waals surface area contributed by atoms with Crippen molar-refractivity contribution >= 4 is 23.9 Å². The molecule has 2 rings (SSSR count). The number of ether oxygens (including phenoxy) is 4. The van der Waals surface area contributed by atoms with Gasteiger partial charge in [-0.25, -0.2) is 0 Å². The Kier molecular flexibility index (Phi) is 18.7. The van der Waals surface area contributed by atoms with E-state index in [2.05, 4.69) is 0 Å². The van der Waals surface area contributed by atoms with Gasteiger partial charge in [-0.15, -0.1) is 0 Å². The predicted octanol–water partition coefficient (Wildman–Crippen LogP) is -3.45. The van der Waals surface area contributed by atoms with Crippen molar-refractivity contribution in [1.29, 1.82) is 0 Å². The summed E-state index contributed by atoms with van der Waals surface area (Å²) in [5.41, 5.74) is 0.834. The maximum Gasteiger partial charge on any atom is 0.317 e. The Hall–Kier alpha value is -3.38. The first kappa shape index (κ1) is 38.8. The average molecular weight is 655 g/mol. The van der Waals surface area contributed by atoms with Gasteiger partial charge < -0.3 is 49.0 Å². The van der Waals surface area contributed by atoms with Crippen molar-refractivity contribution in [3.63, 3.8) is 0 Å². The fourth-order valence-corrected chi connectivity index (χ4v) is 5.02. The van der Waals surface area contributed by atoms with Crippen molar-refractivity contribution in [2.24, 2.45) is 0 Å². The fourth-order valence-electron chi connectivity index (χ4n) is 5.02. The van der Waals surface area contributed by atoms with Crippen molar-refractivity contribution in [1.82, 2.24) is 19.6 Å². The summed E-state index contributed by atoms with van der Waals surface area (Å²) in [7, 11) is 1.60. The Morgan fingerprint density at radius 2 is 1.20 bits per heavy atom. The average Bonchev–Trinajstić information content (AvgIpc) is 2.98. The molecule has 1 saturated heterocycles. The Morgan fingerprint density at radius 3 is 1.72 bits per heavy atom. The second kappa shape index (κ2) is 22.2. The van der Waals surface area contributed by atoms with Crippen LogP contribution in [0, 0.1) is 0 Å². The number of carboxylic acid groups (broad SMARTS) is 4. The zero-order valence-electron chi connectivity index (χ0n) is 26.4. The van der Waals surface area contributed by atoms with Gasteiger partial charge in [0.05, 0.1) is 58.1 Å². The number of nitrogens with zero attached hydrogens (tertiary/aromatic N) is 4. The molecule has 1 aliphatic rings. The zero-order valence-corrected chi connectivity index (χ0v) is 26.4. The number of hydrogen-bond donors (Lipinski definition) is 2. The molecule has 46 heavy (non-hydrogen) atoms. The third-order valence-corrected chi connectivity index (χ3v) is 7.25. The lowest BCUT2D eigenvalue weighted by Crippen LogP contribution is -2.55. The molecular weight excluding hydrogens is 608 g/mol. The number of hydrogen-bond acceptors (Lipinski definition) is 14. The lowest BCUT2D eigenvalue weighted by Gasteiger charge is -2.39. The highest BCUT2D eigenvalue weighted by Gasteiger charge is 2.25. The van der Waals surface area contributed by atoms with Crippen molar-refractivity contribution < 1.29 is 58.6 Å². The van der Waals surface area contributed by atoms with E-state index in [0.29, 0.717) is 51.8 Å². The molecule has 1 aliphatic heterocycles. The molecule has 1 aromatic carbocycles. The molecule has 0 aromatic heterocycles. The summed E-state index contributed by atoms with van der Waals surface area (Å²) >= 11 is 0. The Balaban J connectivity index is 2.16. The Morgan fingerprint density at radius 1 is 0.696 bits per heavy atom. The number of carbonyl (C=O) groups excluding carboxylic acids is 2. The standard InChI is InChI=1S/C30H48N4O12/c1-43-12-13-44-14-15-45-16-17-46-26-4-2-24(3-5-26)18-25-19-33(22-29(39)40)9-8-31(20-27(35)36)6-7-32(21-28(37)38)10-11-34(25)23-30(41)42/h2-5,25H,6-23H2,1H3,(H,35,36)(H,37,38)(H,39,40)(H,41,42)/p-2/t25-/m1/s1. The second-order valence-corrected chi connectivity index (χ2v) is 10.9. The maximum absolute atomic E-state index is 11.8. The Bertz CT molecular complexity index is 1060. The number of benzene rings is 1. The van der Waals surface area contributed by atoms with Crippen LogP contribution in [-0.2, 0) is 39.8 Å². The van der Waals surface area contributed by atoms with Gasteiger partial charge in [-0.1, -0.05) is 12.1 Å². The first-order chi connectivity index (χ1) is 22.0. The van der Waals surface area contributed by atoms with E-state index in [9.17, 15) is 39.6 Å². The summed E-state index contributed by atoms with van der Waals surface area (Å²) in [6, 6.07) is 6.71. The Labute approximate surface area is 269 Å². The third-order valence-electron chi connectivity index (χ3n) is 7.25. The van der Waals surface area contributed by atoms with E-state index in [0.717, 1.165) is 5.56 Å². The first-order valence-corrected chi connectivity index (χ1v) is 15.2. The normalized spacial score (nSPS) is 18.0. The predicted molar refractivity (Wildman–Crippen MR) is 159 cm³/mol. The summed E-state index contributed by atoms with van der Waals surface area (Å²) < 4.78 is 21.5. The lowest BCUT2D eigenvalue weighted by molar-refractivity contribution is -0.308. The molecule has 16 heteroatoms. The van der Waals surface area contributed by atoms with Gasteiger partial charge in [0, 0.05) is 72.1 Å². The molecular formula is C30H46N4O12-2. The van der Waals surface area contributed by atoms with Crippen LogP contribution in [0.15, 0.2) is 24.3 Å². The van der Waals surface area contributed by atoms with Crippen molar-refractivity contribution in [3.05, 3.63) is 29.8 Å². The first-order valence-electron chi connectivity index (χ1n) is 15.2. The van der Waals surface area contributed by atoms with E-state index in [1.807, 2.05) is 12.1 Å². The van der Waals surface area contributed by atoms with Crippen LogP contribution in [0.1, 0.15) is 5.56 Å². The van der Waals surface area contributed by atoms with Gasteiger partial charge in [0.1, 0.15) is 12.4 Å².